The zero-order valence-corrected chi connectivity index (χ0v) is 12.3. The molecule has 0 saturated heterocycles. The van der Waals surface area contributed by atoms with Gasteiger partial charge in [0.1, 0.15) is 0 Å². The molecule has 3 nitrogen and oxygen atoms in total. The molecule has 0 amide bonds. The Morgan fingerprint density at radius 2 is 2.00 bits per heavy atom. The maximum absolute atomic E-state index is 6.40. The van der Waals surface area contributed by atoms with E-state index in [4.69, 9.17) is 5.73 Å². The predicted molar refractivity (Wildman–Crippen MR) is 77.2 cm³/mol. The highest BCUT2D eigenvalue weighted by Crippen LogP contribution is 2.25. The molecule has 96 valence electrons. The van der Waals surface area contributed by atoms with Crippen LogP contribution in [0.1, 0.15) is 24.5 Å². The summed E-state index contributed by atoms with van der Waals surface area (Å²) in [7, 11) is 1.93. The summed E-state index contributed by atoms with van der Waals surface area (Å²) < 4.78 is 2.90. The van der Waals surface area contributed by atoms with Crippen LogP contribution in [0.3, 0.4) is 0 Å². The zero-order valence-electron chi connectivity index (χ0n) is 10.7. The molecule has 18 heavy (non-hydrogen) atoms. The topological polar surface area (TPSA) is 43.8 Å². The van der Waals surface area contributed by atoms with Crippen LogP contribution in [0.25, 0.3) is 0 Å². The Labute approximate surface area is 116 Å². The summed E-state index contributed by atoms with van der Waals surface area (Å²) in [5.41, 5.74) is 8.48. The molecule has 2 aromatic rings. The van der Waals surface area contributed by atoms with Gasteiger partial charge in [-0.15, -0.1) is 0 Å². The fourth-order valence-electron chi connectivity index (χ4n) is 1.98. The van der Waals surface area contributed by atoms with Crippen LogP contribution in [0.4, 0.5) is 0 Å². The zero-order chi connectivity index (χ0) is 13.2. The van der Waals surface area contributed by atoms with Crippen LogP contribution >= 0.6 is 15.9 Å². The molecule has 0 fully saturated rings. The lowest BCUT2D eigenvalue weighted by Gasteiger charge is -2.25. The van der Waals surface area contributed by atoms with E-state index in [1.807, 2.05) is 36.3 Å². The van der Waals surface area contributed by atoms with Crippen LogP contribution in [0, 0.1) is 0 Å². The summed E-state index contributed by atoms with van der Waals surface area (Å²) in [4.78, 5) is 0. The molecule has 1 unspecified atom stereocenters. The van der Waals surface area contributed by atoms with Gasteiger partial charge in [0, 0.05) is 23.3 Å². The first-order valence-corrected chi connectivity index (χ1v) is 6.79. The summed E-state index contributed by atoms with van der Waals surface area (Å²) in [5, 5.41) is 4.17. The van der Waals surface area contributed by atoms with Crippen molar-refractivity contribution in [2.24, 2.45) is 12.8 Å². The highest BCUT2D eigenvalue weighted by atomic mass is 79.9. The minimum absolute atomic E-state index is 0.309. The van der Waals surface area contributed by atoms with E-state index >= 15 is 0 Å². The second kappa shape index (κ2) is 5.24. The van der Waals surface area contributed by atoms with Gasteiger partial charge in [-0.05, 0) is 43.0 Å². The molecular weight excluding hydrogens is 290 g/mol. The number of nitrogens with zero attached hydrogens (tertiary/aromatic N) is 2. The summed E-state index contributed by atoms with van der Waals surface area (Å²) in [6, 6.07) is 8.22. The highest BCUT2D eigenvalue weighted by molar-refractivity contribution is 9.10. The summed E-state index contributed by atoms with van der Waals surface area (Å²) in [6.45, 7) is 2.08. The van der Waals surface area contributed by atoms with Crippen LogP contribution in [0.15, 0.2) is 41.1 Å². The number of aryl methyl sites for hydroxylation is 2. The van der Waals surface area contributed by atoms with Crippen LogP contribution in [0.2, 0.25) is 0 Å². The third kappa shape index (κ3) is 3.21. The smallest absolute Gasteiger partial charge is 0.0521 e. The van der Waals surface area contributed by atoms with Gasteiger partial charge in [0.25, 0.3) is 0 Å². The Bertz CT molecular complexity index is 514. The monoisotopic (exact) mass is 307 g/mol. The first-order valence-electron chi connectivity index (χ1n) is 6.00. The molecule has 2 rings (SSSR count). The van der Waals surface area contributed by atoms with Gasteiger partial charge in [-0.3, -0.25) is 4.68 Å². The number of hydrogen-bond acceptors (Lipinski definition) is 2. The normalized spacial score (nSPS) is 14.4. The molecule has 0 saturated carbocycles. The predicted octanol–water partition coefficient (Wildman–Crippen LogP) is 2.99. The lowest BCUT2D eigenvalue weighted by atomic mass is 9.87. The van der Waals surface area contributed by atoms with Crippen molar-refractivity contribution in [3.8, 4) is 0 Å². The molecule has 1 aromatic carbocycles. The van der Waals surface area contributed by atoms with E-state index in [1.54, 1.807) is 0 Å². The highest BCUT2D eigenvalue weighted by Gasteiger charge is 2.20. The van der Waals surface area contributed by atoms with Gasteiger partial charge in [0.15, 0.2) is 0 Å². The number of nitrogens with two attached hydrogens (primary N) is 1. The average Bonchev–Trinajstić information content (AvgIpc) is 2.73. The van der Waals surface area contributed by atoms with Crippen molar-refractivity contribution in [3.63, 3.8) is 0 Å². The van der Waals surface area contributed by atoms with Crippen molar-refractivity contribution in [2.45, 2.75) is 25.3 Å². The number of halogens is 1. The molecular formula is C14H18BrN3. The second-order valence-electron chi connectivity index (χ2n) is 4.95. The first-order chi connectivity index (χ1) is 8.47. The first kappa shape index (κ1) is 13.3. The van der Waals surface area contributed by atoms with Crippen molar-refractivity contribution >= 4 is 15.9 Å². The second-order valence-corrected chi connectivity index (χ2v) is 5.86. The van der Waals surface area contributed by atoms with Crippen molar-refractivity contribution in [3.05, 3.63) is 52.3 Å². The Morgan fingerprint density at radius 3 is 2.56 bits per heavy atom. The number of rotatable bonds is 4. The van der Waals surface area contributed by atoms with Crippen molar-refractivity contribution in [1.29, 1.82) is 0 Å². The molecule has 0 aliphatic rings. The van der Waals surface area contributed by atoms with E-state index in [0.717, 1.165) is 22.9 Å². The number of benzene rings is 1. The van der Waals surface area contributed by atoms with Gasteiger partial charge < -0.3 is 5.73 Å². The van der Waals surface area contributed by atoms with Crippen LogP contribution in [-0.4, -0.2) is 9.78 Å². The van der Waals surface area contributed by atoms with Crippen LogP contribution in [-0.2, 0) is 19.0 Å². The third-order valence-electron chi connectivity index (χ3n) is 3.20. The standard InChI is InChI=1S/C14H18BrN3/c1-14(16,12-3-5-13(15)6-4-12)8-7-11-9-17-18(2)10-11/h3-6,9-10H,7-8,16H2,1-2H3. The molecule has 0 aliphatic carbocycles. The van der Waals surface area contributed by atoms with E-state index in [1.165, 1.54) is 5.56 Å². The van der Waals surface area contributed by atoms with E-state index < -0.39 is 0 Å². The van der Waals surface area contributed by atoms with Crippen LogP contribution in [0.5, 0.6) is 0 Å². The Kier molecular flexibility index (Phi) is 3.88. The Hall–Kier alpha value is -1.13. The maximum atomic E-state index is 6.40. The van der Waals surface area contributed by atoms with Crippen molar-refractivity contribution in [1.82, 2.24) is 9.78 Å². The van der Waals surface area contributed by atoms with Crippen molar-refractivity contribution in [2.75, 3.05) is 0 Å². The molecule has 1 aromatic heterocycles. The lowest BCUT2D eigenvalue weighted by Crippen LogP contribution is -2.33. The van der Waals surface area contributed by atoms with Gasteiger partial charge >= 0.3 is 0 Å². The molecule has 0 radical (unpaired) electrons. The summed E-state index contributed by atoms with van der Waals surface area (Å²) in [6.07, 6.45) is 5.78. The third-order valence-corrected chi connectivity index (χ3v) is 3.72. The average molecular weight is 308 g/mol. The van der Waals surface area contributed by atoms with E-state index in [9.17, 15) is 0 Å². The number of aromatic nitrogens is 2. The molecule has 0 aliphatic heterocycles. The fourth-order valence-corrected chi connectivity index (χ4v) is 2.24. The minimum atomic E-state index is -0.309. The van der Waals surface area contributed by atoms with Crippen molar-refractivity contribution < 1.29 is 0 Å². The molecule has 0 spiro atoms. The summed E-state index contributed by atoms with van der Waals surface area (Å²) in [5.74, 6) is 0. The molecule has 1 atom stereocenters. The number of hydrogen-bond donors (Lipinski definition) is 1. The molecule has 4 heteroatoms. The van der Waals surface area contributed by atoms with Gasteiger partial charge in [-0.1, -0.05) is 28.1 Å². The lowest BCUT2D eigenvalue weighted by molar-refractivity contribution is 0.453. The SMILES string of the molecule is Cn1cc(CCC(C)(N)c2ccc(Br)cc2)cn1. The van der Waals surface area contributed by atoms with Gasteiger partial charge in [-0.25, -0.2) is 0 Å². The van der Waals surface area contributed by atoms with E-state index in [-0.39, 0.29) is 5.54 Å². The van der Waals surface area contributed by atoms with Crippen LogP contribution < -0.4 is 5.73 Å². The van der Waals surface area contributed by atoms with Gasteiger partial charge in [0.2, 0.25) is 0 Å². The Morgan fingerprint density at radius 1 is 1.33 bits per heavy atom. The molecule has 1 heterocycles. The quantitative estimate of drug-likeness (QED) is 0.943. The Balaban J connectivity index is 2.04. The summed E-state index contributed by atoms with van der Waals surface area (Å²) >= 11 is 3.44. The maximum Gasteiger partial charge on any atom is 0.0521 e. The largest absolute Gasteiger partial charge is 0.322 e. The fraction of sp³-hybridized carbons (Fsp3) is 0.357. The van der Waals surface area contributed by atoms with Gasteiger partial charge in [0.05, 0.1) is 6.20 Å². The van der Waals surface area contributed by atoms with E-state index in [0.29, 0.717) is 0 Å². The molecule has 2 N–H and O–H groups in total. The molecule has 0 bridgehead atoms. The van der Waals surface area contributed by atoms with E-state index in [2.05, 4.69) is 40.1 Å². The van der Waals surface area contributed by atoms with Gasteiger partial charge in [-0.2, -0.15) is 5.10 Å². The minimum Gasteiger partial charge on any atom is -0.322 e.